The van der Waals surface area contributed by atoms with Crippen LogP contribution < -0.4 is 0 Å². The Hall–Kier alpha value is -6.92. The van der Waals surface area contributed by atoms with Gasteiger partial charge in [0.05, 0.1) is 0 Å². The van der Waals surface area contributed by atoms with Gasteiger partial charge >= 0.3 is 0 Å². The zero-order valence-electron chi connectivity index (χ0n) is 30.4. The fourth-order valence-electron chi connectivity index (χ4n) is 8.47. The maximum Gasteiger partial charge on any atom is 0.180 e. The van der Waals surface area contributed by atoms with Crippen molar-refractivity contribution in [2.45, 2.75) is 0 Å². The first-order chi connectivity index (χ1) is 28.2. The molecule has 12 rings (SSSR count). The van der Waals surface area contributed by atoms with Crippen molar-refractivity contribution in [3.05, 3.63) is 182 Å². The third kappa shape index (κ3) is 5.24. The number of nitrogens with zero attached hydrogens (tertiary/aromatic N) is 2. The third-order valence-electron chi connectivity index (χ3n) is 11.2. The molecule has 0 bridgehead atoms. The van der Waals surface area contributed by atoms with Crippen LogP contribution in [0.4, 0.5) is 0 Å². The van der Waals surface area contributed by atoms with Crippen LogP contribution in [0.2, 0.25) is 0 Å². The van der Waals surface area contributed by atoms with Crippen molar-refractivity contribution in [2.24, 2.45) is 0 Å². The van der Waals surface area contributed by atoms with Crippen molar-refractivity contribution in [3.63, 3.8) is 0 Å². The first-order valence-corrected chi connectivity index (χ1v) is 20.7. The van der Waals surface area contributed by atoms with E-state index in [0.29, 0.717) is 5.58 Å². The zero-order chi connectivity index (χ0) is 37.5. The summed E-state index contributed by atoms with van der Waals surface area (Å²) >= 11 is 3.73. The van der Waals surface area contributed by atoms with Crippen LogP contribution in [0.1, 0.15) is 0 Å². The van der Waals surface area contributed by atoms with Gasteiger partial charge in [0.25, 0.3) is 0 Å². The summed E-state index contributed by atoms with van der Waals surface area (Å²) in [6.07, 6.45) is 1.65. The predicted octanol–water partition coefficient (Wildman–Crippen LogP) is 15.4. The molecule has 0 aliphatic rings. The highest BCUT2D eigenvalue weighted by Crippen LogP contribution is 2.43. The molecule has 0 unspecified atom stereocenters. The summed E-state index contributed by atoms with van der Waals surface area (Å²) in [5, 5.41) is 6.23. The summed E-state index contributed by atoms with van der Waals surface area (Å²) in [4.78, 5) is 9.53. The van der Waals surface area contributed by atoms with Crippen molar-refractivity contribution in [3.8, 4) is 55.8 Å². The van der Waals surface area contributed by atoms with Gasteiger partial charge in [0, 0.05) is 51.3 Å². The van der Waals surface area contributed by atoms with Crippen LogP contribution in [-0.4, -0.2) is 9.97 Å². The molecular formula is C52H30N2OS2. The van der Waals surface area contributed by atoms with Crippen molar-refractivity contribution in [1.82, 2.24) is 9.97 Å². The quantitative estimate of drug-likeness (QED) is 0.175. The Morgan fingerprint density at radius 2 is 0.895 bits per heavy atom. The van der Waals surface area contributed by atoms with E-state index in [1.165, 1.54) is 62.6 Å². The van der Waals surface area contributed by atoms with Gasteiger partial charge in [-0.2, -0.15) is 0 Å². The average Bonchev–Trinajstić information content (AvgIpc) is 3.98. The summed E-state index contributed by atoms with van der Waals surface area (Å²) in [7, 11) is 0. The predicted molar refractivity (Wildman–Crippen MR) is 242 cm³/mol. The molecule has 57 heavy (non-hydrogen) atoms. The zero-order valence-corrected chi connectivity index (χ0v) is 32.1. The van der Waals surface area contributed by atoms with Gasteiger partial charge < -0.3 is 4.42 Å². The summed E-state index contributed by atoms with van der Waals surface area (Å²) in [5.41, 5.74) is 13.5. The Kier molecular flexibility index (Phi) is 7.27. The van der Waals surface area contributed by atoms with Crippen LogP contribution in [-0.2, 0) is 0 Å². The molecule has 0 saturated carbocycles. The Labute approximate surface area is 335 Å². The van der Waals surface area contributed by atoms with Gasteiger partial charge in [-0.3, -0.25) is 0 Å². The number of thiophene rings is 2. The van der Waals surface area contributed by atoms with Crippen LogP contribution >= 0.6 is 22.7 Å². The fourth-order valence-corrected chi connectivity index (χ4v) is 10.9. The molecule has 0 radical (unpaired) electrons. The van der Waals surface area contributed by atoms with Crippen molar-refractivity contribution in [1.29, 1.82) is 0 Å². The number of rotatable bonds is 5. The van der Waals surface area contributed by atoms with E-state index in [0.717, 1.165) is 50.0 Å². The maximum absolute atomic E-state index is 6.54. The smallest absolute Gasteiger partial charge is 0.180 e. The van der Waals surface area contributed by atoms with Crippen molar-refractivity contribution in [2.75, 3.05) is 0 Å². The van der Waals surface area contributed by atoms with Crippen LogP contribution in [0.3, 0.4) is 0 Å². The summed E-state index contributed by atoms with van der Waals surface area (Å²) < 4.78 is 11.8. The van der Waals surface area contributed by atoms with Crippen molar-refractivity contribution >= 4 is 85.1 Å². The van der Waals surface area contributed by atoms with E-state index in [9.17, 15) is 0 Å². The molecule has 8 aromatic carbocycles. The molecule has 12 aromatic rings. The molecule has 4 aromatic heterocycles. The number of furan rings is 1. The largest absolute Gasteiger partial charge is 0.452 e. The van der Waals surface area contributed by atoms with Gasteiger partial charge in [-0.05, 0) is 80.9 Å². The molecule has 0 fully saturated rings. The monoisotopic (exact) mass is 762 g/mol. The second-order valence-electron chi connectivity index (χ2n) is 14.5. The summed E-state index contributed by atoms with van der Waals surface area (Å²) in [6, 6.07) is 63.3. The number of aromatic nitrogens is 2. The standard InChI is InChI=1S/C52H30N2OS2/c1-3-19-46-40(13-1)42-17-7-15-38(51(42)56-46)32-23-21-31(22-24-32)33-9-6-12-37(28-33)48-50-49(54-30-53-48)44-29-35(25-26-45(44)55-50)34-10-5-11-36(27-34)39-16-8-18-43-41-14-2-4-20-47(41)57-52(39)43/h1-30H. The summed E-state index contributed by atoms with van der Waals surface area (Å²) in [5.74, 6) is 0. The lowest BCUT2D eigenvalue weighted by molar-refractivity contribution is 0.667. The van der Waals surface area contributed by atoms with E-state index in [4.69, 9.17) is 14.4 Å². The first kappa shape index (κ1) is 32.3. The Morgan fingerprint density at radius 3 is 1.61 bits per heavy atom. The molecule has 4 heterocycles. The van der Waals surface area contributed by atoms with Gasteiger partial charge in [0.15, 0.2) is 5.58 Å². The van der Waals surface area contributed by atoms with Crippen molar-refractivity contribution < 1.29 is 4.42 Å². The topological polar surface area (TPSA) is 38.9 Å². The normalized spacial score (nSPS) is 11.9. The SMILES string of the molecule is c1cc(-c2ccc(-c3cccc4c3sc3ccccc34)cc2)cc(-c2ncnc3c2oc2ccc(-c4cccc(-c5cccc6c5sc5ccccc56)c4)cc23)c1. The first-order valence-electron chi connectivity index (χ1n) is 19.0. The fraction of sp³-hybridized carbons (Fsp3) is 0. The van der Waals surface area contributed by atoms with E-state index in [2.05, 4.69) is 176 Å². The van der Waals surface area contributed by atoms with Crippen LogP contribution in [0, 0.1) is 0 Å². The molecule has 0 spiro atoms. The lowest BCUT2D eigenvalue weighted by Gasteiger charge is -2.08. The van der Waals surface area contributed by atoms with E-state index in [1.54, 1.807) is 6.33 Å². The minimum atomic E-state index is 0.693. The Bertz CT molecular complexity index is 3540. The molecule has 0 amide bonds. The summed E-state index contributed by atoms with van der Waals surface area (Å²) in [6.45, 7) is 0. The van der Waals surface area contributed by atoms with Gasteiger partial charge in [0.2, 0.25) is 0 Å². The number of hydrogen-bond acceptors (Lipinski definition) is 5. The third-order valence-corrected chi connectivity index (χ3v) is 13.7. The Balaban J connectivity index is 0.886. The average molecular weight is 763 g/mol. The molecule has 0 saturated heterocycles. The molecule has 5 heteroatoms. The minimum absolute atomic E-state index is 0.693. The van der Waals surface area contributed by atoms with E-state index in [1.807, 2.05) is 22.7 Å². The lowest BCUT2D eigenvalue weighted by atomic mass is 9.97. The second-order valence-corrected chi connectivity index (χ2v) is 16.6. The van der Waals surface area contributed by atoms with Gasteiger partial charge in [-0.1, -0.05) is 140 Å². The lowest BCUT2D eigenvalue weighted by Crippen LogP contribution is -1.88. The maximum atomic E-state index is 6.54. The van der Waals surface area contributed by atoms with Crippen LogP contribution in [0.15, 0.2) is 187 Å². The highest BCUT2D eigenvalue weighted by Gasteiger charge is 2.17. The molecule has 0 atom stereocenters. The number of benzene rings is 8. The molecule has 266 valence electrons. The molecule has 3 nitrogen and oxygen atoms in total. The molecule has 0 N–H and O–H groups in total. The number of fused-ring (bicyclic) bond motifs is 9. The highest BCUT2D eigenvalue weighted by atomic mass is 32.1. The van der Waals surface area contributed by atoms with Crippen LogP contribution in [0.5, 0.6) is 0 Å². The van der Waals surface area contributed by atoms with Gasteiger partial charge in [-0.25, -0.2) is 9.97 Å². The molecular weight excluding hydrogens is 733 g/mol. The van der Waals surface area contributed by atoms with E-state index in [-0.39, 0.29) is 0 Å². The van der Waals surface area contributed by atoms with Gasteiger partial charge in [-0.15, -0.1) is 22.7 Å². The molecule has 0 aliphatic heterocycles. The minimum Gasteiger partial charge on any atom is -0.452 e. The van der Waals surface area contributed by atoms with Crippen LogP contribution in [0.25, 0.3) is 118 Å². The molecule has 0 aliphatic carbocycles. The van der Waals surface area contributed by atoms with Gasteiger partial charge in [0.1, 0.15) is 23.1 Å². The second kappa shape index (κ2) is 12.8. The highest BCUT2D eigenvalue weighted by molar-refractivity contribution is 7.26. The number of hydrogen-bond donors (Lipinski definition) is 0. The van der Waals surface area contributed by atoms with E-state index < -0.39 is 0 Å². The van der Waals surface area contributed by atoms with E-state index >= 15 is 0 Å². The Morgan fingerprint density at radius 1 is 0.368 bits per heavy atom.